The van der Waals surface area contributed by atoms with Crippen molar-refractivity contribution in [3.8, 4) is 44.8 Å². The van der Waals surface area contributed by atoms with E-state index in [1.165, 1.54) is 12.5 Å². The van der Waals surface area contributed by atoms with E-state index in [0.717, 1.165) is 56.2 Å². The molecule has 2 N–H and O–H groups in total. The zero-order valence-corrected chi connectivity index (χ0v) is 35.1. The van der Waals surface area contributed by atoms with E-state index in [1.54, 1.807) is 73.3 Å². The lowest BCUT2D eigenvalue weighted by Gasteiger charge is -2.10. The highest BCUT2D eigenvalue weighted by Crippen LogP contribution is 2.34. The fourth-order valence-electron chi connectivity index (χ4n) is 5.31. The van der Waals surface area contributed by atoms with Gasteiger partial charge in [0.1, 0.15) is 0 Å². The predicted molar refractivity (Wildman–Crippen MR) is 225 cm³/mol. The first-order chi connectivity index (χ1) is 27.3. The number of carboxylic acids is 2. The van der Waals surface area contributed by atoms with Crippen LogP contribution < -0.4 is 0 Å². The summed E-state index contributed by atoms with van der Waals surface area (Å²) in [5.41, 5.74) is 8.43. The molecule has 0 aliphatic heterocycles. The normalized spacial score (nSPS) is 11.1. The fourth-order valence-corrected chi connectivity index (χ4v) is 6.89. The Bertz CT molecular complexity index is 2410. The number of aryl methyl sites for hydroxylation is 2. The second kappa shape index (κ2) is 20.2. The number of hydrogen-bond donors (Lipinski definition) is 2. The summed E-state index contributed by atoms with van der Waals surface area (Å²) in [6.45, 7) is 3.84. The van der Waals surface area contributed by atoms with Crippen LogP contribution in [0.4, 0.5) is 0 Å². The van der Waals surface area contributed by atoms with Crippen LogP contribution >= 0.6 is 23.2 Å². The van der Waals surface area contributed by atoms with Crippen LogP contribution in [0.1, 0.15) is 37.1 Å². The number of aromatic nitrogens is 4. The SMILES string of the molecule is Cc1ccc(-c2ncc(Cl)cc2-c2ccc(S(C)(=O)=O)cc2)cn1.Cc1ccc(-c2ncc(Cl)cc2-c2ccc(S(C)(=O)=O)cc2)cn1.O=C(O)CCCCC(=O)O. The van der Waals surface area contributed by atoms with Gasteiger partial charge in [-0.15, -0.1) is 0 Å². The Morgan fingerprint density at radius 2 is 0.845 bits per heavy atom. The summed E-state index contributed by atoms with van der Waals surface area (Å²) >= 11 is 12.2. The molecule has 4 aromatic heterocycles. The zero-order chi connectivity index (χ0) is 42.6. The van der Waals surface area contributed by atoms with Gasteiger partial charge < -0.3 is 10.2 Å². The highest BCUT2D eigenvalue weighted by atomic mass is 35.5. The molecule has 0 saturated heterocycles. The minimum atomic E-state index is -3.23. The van der Waals surface area contributed by atoms with Gasteiger partial charge >= 0.3 is 11.9 Å². The van der Waals surface area contributed by atoms with Crippen LogP contribution in [0.5, 0.6) is 0 Å². The highest BCUT2D eigenvalue weighted by molar-refractivity contribution is 7.91. The molecule has 2 aromatic carbocycles. The average molecular weight is 864 g/mol. The second-order valence-corrected chi connectivity index (χ2v) is 18.0. The van der Waals surface area contributed by atoms with Crippen molar-refractivity contribution in [2.24, 2.45) is 0 Å². The molecule has 302 valence electrons. The van der Waals surface area contributed by atoms with Crippen LogP contribution in [0.15, 0.2) is 120 Å². The van der Waals surface area contributed by atoms with Crippen molar-refractivity contribution < 1.29 is 36.6 Å². The molecule has 12 nitrogen and oxygen atoms in total. The Labute approximate surface area is 347 Å². The molecule has 0 atom stereocenters. The molecule has 0 aliphatic rings. The molecule has 0 radical (unpaired) electrons. The number of sulfone groups is 2. The van der Waals surface area contributed by atoms with Crippen molar-refractivity contribution >= 4 is 54.8 Å². The molecule has 0 fully saturated rings. The number of benzene rings is 2. The van der Waals surface area contributed by atoms with Gasteiger partial charge in [-0.2, -0.15) is 0 Å². The topological polar surface area (TPSA) is 194 Å². The molecular formula is C42H40Cl2N4O8S2. The summed E-state index contributed by atoms with van der Waals surface area (Å²) in [6.07, 6.45) is 10.1. The van der Waals surface area contributed by atoms with Crippen molar-refractivity contribution in [3.63, 3.8) is 0 Å². The van der Waals surface area contributed by atoms with Crippen LogP contribution in [-0.4, -0.2) is 71.4 Å². The van der Waals surface area contributed by atoms with Gasteiger partial charge in [-0.25, -0.2) is 16.8 Å². The van der Waals surface area contributed by atoms with Gasteiger partial charge in [-0.3, -0.25) is 29.5 Å². The van der Waals surface area contributed by atoms with Crippen LogP contribution in [0.2, 0.25) is 10.0 Å². The molecule has 0 amide bonds. The van der Waals surface area contributed by atoms with E-state index >= 15 is 0 Å². The van der Waals surface area contributed by atoms with Crippen molar-refractivity contribution in [2.45, 2.75) is 49.3 Å². The quantitative estimate of drug-likeness (QED) is 0.118. The minimum absolute atomic E-state index is 0.0628. The lowest BCUT2D eigenvalue weighted by molar-refractivity contribution is -0.139. The summed E-state index contributed by atoms with van der Waals surface area (Å²) in [4.78, 5) is 37.8. The summed E-state index contributed by atoms with van der Waals surface area (Å²) < 4.78 is 46.5. The second-order valence-electron chi connectivity index (χ2n) is 13.1. The maximum absolute atomic E-state index is 11.6. The fraction of sp³-hybridized carbons (Fsp3) is 0.190. The molecule has 0 unspecified atom stereocenters. The van der Waals surface area contributed by atoms with E-state index in [4.69, 9.17) is 33.4 Å². The van der Waals surface area contributed by atoms with E-state index in [2.05, 4.69) is 19.9 Å². The van der Waals surface area contributed by atoms with Crippen LogP contribution in [0, 0.1) is 13.8 Å². The molecule has 0 saturated carbocycles. The number of pyridine rings is 4. The molecule has 16 heteroatoms. The Morgan fingerprint density at radius 1 is 0.517 bits per heavy atom. The van der Waals surface area contributed by atoms with Gasteiger partial charge in [0.2, 0.25) is 0 Å². The maximum Gasteiger partial charge on any atom is 0.303 e. The van der Waals surface area contributed by atoms with Crippen molar-refractivity contribution in [1.82, 2.24) is 19.9 Å². The summed E-state index contributed by atoms with van der Waals surface area (Å²) in [7, 11) is -6.46. The van der Waals surface area contributed by atoms with E-state index in [-0.39, 0.29) is 22.6 Å². The molecule has 6 aromatic rings. The Hall–Kier alpha value is -5.54. The van der Waals surface area contributed by atoms with Crippen molar-refractivity contribution in [3.05, 3.63) is 131 Å². The smallest absolute Gasteiger partial charge is 0.303 e. The third kappa shape index (κ3) is 13.5. The maximum atomic E-state index is 11.6. The number of carboxylic acid groups (broad SMARTS) is 2. The largest absolute Gasteiger partial charge is 0.481 e. The lowest BCUT2D eigenvalue weighted by Crippen LogP contribution is -1.97. The van der Waals surface area contributed by atoms with E-state index in [1.807, 2.05) is 50.2 Å². The lowest BCUT2D eigenvalue weighted by atomic mass is 10.0. The summed E-state index contributed by atoms with van der Waals surface area (Å²) in [5, 5.41) is 17.3. The molecule has 58 heavy (non-hydrogen) atoms. The third-order valence-electron chi connectivity index (χ3n) is 8.30. The number of unbranched alkanes of at least 4 members (excludes halogenated alkanes) is 1. The average Bonchev–Trinajstić information content (AvgIpc) is 3.17. The number of nitrogens with zero attached hydrogens (tertiary/aromatic N) is 4. The number of aliphatic carboxylic acids is 2. The monoisotopic (exact) mass is 862 g/mol. The number of carbonyl (C=O) groups is 2. The van der Waals surface area contributed by atoms with Crippen LogP contribution in [0.25, 0.3) is 44.8 Å². The van der Waals surface area contributed by atoms with Gasteiger partial charge in [-0.05, 0) is 98.5 Å². The number of halogens is 2. The van der Waals surface area contributed by atoms with Gasteiger partial charge in [0, 0.05) is 83.8 Å². The number of rotatable bonds is 11. The molecule has 0 aliphatic carbocycles. The molecule has 6 rings (SSSR count). The van der Waals surface area contributed by atoms with Gasteiger partial charge in [-0.1, -0.05) is 47.5 Å². The first kappa shape index (κ1) is 45.2. The zero-order valence-electron chi connectivity index (χ0n) is 31.9. The first-order valence-electron chi connectivity index (χ1n) is 17.5. The Balaban J connectivity index is 0.000000209. The predicted octanol–water partition coefficient (Wildman–Crippen LogP) is 9.07. The Kier molecular flexibility index (Phi) is 15.8. The number of hydrogen-bond acceptors (Lipinski definition) is 10. The van der Waals surface area contributed by atoms with Crippen molar-refractivity contribution in [2.75, 3.05) is 12.5 Å². The molecule has 4 heterocycles. The molecule has 0 bridgehead atoms. The van der Waals surface area contributed by atoms with E-state index in [0.29, 0.717) is 22.9 Å². The highest BCUT2D eigenvalue weighted by Gasteiger charge is 2.14. The Morgan fingerprint density at radius 3 is 1.12 bits per heavy atom. The van der Waals surface area contributed by atoms with Crippen LogP contribution in [0.3, 0.4) is 0 Å². The van der Waals surface area contributed by atoms with E-state index < -0.39 is 31.6 Å². The van der Waals surface area contributed by atoms with Crippen molar-refractivity contribution in [1.29, 1.82) is 0 Å². The molecular weight excluding hydrogens is 824 g/mol. The van der Waals surface area contributed by atoms with Gasteiger partial charge in [0.15, 0.2) is 19.7 Å². The first-order valence-corrected chi connectivity index (χ1v) is 22.1. The minimum Gasteiger partial charge on any atom is -0.481 e. The molecule has 0 spiro atoms. The third-order valence-corrected chi connectivity index (χ3v) is 11.0. The summed E-state index contributed by atoms with van der Waals surface area (Å²) in [5.74, 6) is -1.74. The standard InChI is InChI=1S/2C18H15ClN2O2S.C6H10O4/c2*1-12-3-4-14(10-20-12)18-17(9-15(19)11-21-18)13-5-7-16(8-6-13)24(2,22)23;7-5(8)3-1-2-4-6(9)10/h2*3-11H,1-2H3;1-4H2,(H,7,8)(H,9,10). The van der Waals surface area contributed by atoms with Gasteiger partial charge in [0.25, 0.3) is 0 Å². The van der Waals surface area contributed by atoms with E-state index in [9.17, 15) is 26.4 Å². The summed E-state index contributed by atoms with van der Waals surface area (Å²) in [6, 6.07) is 24.8. The van der Waals surface area contributed by atoms with Crippen LogP contribution in [-0.2, 0) is 29.3 Å². The van der Waals surface area contributed by atoms with Gasteiger partial charge in [0.05, 0.1) is 31.2 Å².